The van der Waals surface area contributed by atoms with Crippen LogP contribution in [0.3, 0.4) is 0 Å². The Bertz CT molecular complexity index is 131. The van der Waals surface area contributed by atoms with Gasteiger partial charge in [0.25, 0.3) is 0 Å². The van der Waals surface area contributed by atoms with Gasteiger partial charge in [-0.3, -0.25) is 0 Å². The van der Waals surface area contributed by atoms with E-state index in [0.717, 1.165) is 16.8 Å². The third kappa shape index (κ3) is 1.85. The Balaban J connectivity index is 2.64. The van der Waals surface area contributed by atoms with Gasteiger partial charge in [0.2, 0.25) is 0 Å². The van der Waals surface area contributed by atoms with Gasteiger partial charge in [-0.2, -0.15) is 0 Å². The summed E-state index contributed by atoms with van der Waals surface area (Å²) in [7, 11) is 1.10. The molecule has 65 valence electrons. The van der Waals surface area contributed by atoms with Crippen LogP contribution in [0.5, 0.6) is 0 Å². The summed E-state index contributed by atoms with van der Waals surface area (Å²) >= 11 is 0. The van der Waals surface area contributed by atoms with Crippen molar-refractivity contribution in [1.82, 2.24) is 0 Å². The van der Waals surface area contributed by atoms with Gasteiger partial charge in [-0.15, -0.1) is 0 Å². The standard InChI is InChI=1S/C9H19OSi/c1-8(2,3)9(11)6-4-5-7-10-9/h1,4-7H2,2-3,11H3. The maximum absolute atomic E-state index is 5.83. The normalized spacial score (nSPS) is 34.1. The first-order chi connectivity index (χ1) is 4.96. The quantitative estimate of drug-likeness (QED) is 0.537. The molecule has 1 saturated heterocycles. The van der Waals surface area contributed by atoms with Crippen LogP contribution in [0.2, 0.25) is 0 Å². The fraction of sp³-hybridized carbons (Fsp3) is 0.889. The molecule has 1 aliphatic rings. The molecule has 11 heavy (non-hydrogen) atoms. The Morgan fingerprint density at radius 3 is 2.36 bits per heavy atom. The van der Waals surface area contributed by atoms with Crippen molar-refractivity contribution in [1.29, 1.82) is 0 Å². The monoisotopic (exact) mass is 171 g/mol. The molecular weight excluding hydrogens is 152 g/mol. The predicted octanol–water partition coefficient (Wildman–Crippen LogP) is 1.11. The largest absolute Gasteiger partial charge is 0.379 e. The summed E-state index contributed by atoms with van der Waals surface area (Å²) < 4.78 is 5.83. The van der Waals surface area contributed by atoms with Crippen LogP contribution in [0.1, 0.15) is 33.1 Å². The molecule has 0 spiro atoms. The molecule has 0 aromatic rings. The van der Waals surface area contributed by atoms with Crippen molar-refractivity contribution in [3.63, 3.8) is 0 Å². The number of hydrogen-bond acceptors (Lipinski definition) is 1. The van der Waals surface area contributed by atoms with Crippen LogP contribution in [0.25, 0.3) is 0 Å². The Hall–Kier alpha value is 0.177. The lowest BCUT2D eigenvalue weighted by Gasteiger charge is -2.44. The summed E-state index contributed by atoms with van der Waals surface area (Å²) in [5, 5.41) is 0.144. The fourth-order valence-corrected chi connectivity index (χ4v) is 2.03. The van der Waals surface area contributed by atoms with Gasteiger partial charge in [-0.05, 0) is 31.6 Å². The van der Waals surface area contributed by atoms with Crippen LogP contribution in [0.15, 0.2) is 0 Å². The maximum atomic E-state index is 5.83. The molecule has 0 saturated carbocycles. The molecule has 0 amide bonds. The molecule has 0 N–H and O–H groups in total. The molecule has 1 rings (SSSR count). The lowest BCUT2D eigenvalue weighted by atomic mass is 9.84. The molecule has 1 aliphatic heterocycles. The number of rotatable bonds is 1. The van der Waals surface area contributed by atoms with E-state index in [1.807, 2.05) is 0 Å². The van der Waals surface area contributed by atoms with E-state index in [0.29, 0.717) is 0 Å². The highest BCUT2D eigenvalue weighted by Crippen LogP contribution is 2.37. The van der Waals surface area contributed by atoms with Gasteiger partial charge in [0.05, 0.1) is 5.22 Å². The molecule has 1 unspecified atom stereocenters. The first-order valence-electron chi connectivity index (χ1n) is 4.45. The van der Waals surface area contributed by atoms with Gasteiger partial charge in [-0.1, -0.05) is 13.8 Å². The van der Waals surface area contributed by atoms with Crippen molar-refractivity contribution in [3.05, 3.63) is 6.92 Å². The van der Waals surface area contributed by atoms with E-state index in [1.165, 1.54) is 19.3 Å². The molecule has 0 aromatic carbocycles. The van der Waals surface area contributed by atoms with Crippen LogP contribution >= 0.6 is 0 Å². The molecule has 1 radical (unpaired) electrons. The van der Waals surface area contributed by atoms with Gasteiger partial charge in [0.1, 0.15) is 0 Å². The Labute approximate surface area is 72.9 Å². The molecule has 2 heteroatoms. The second-order valence-corrected chi connectivity index (χ2v) is 6.04. The minimum absolute atomic E-state index is 0.0969. The van der Waals surface area contributed by atoms with Gasteiger partial charge >= 0.3 is 0 Å². The van der Waals surface area contributed by atoms with Crippen LogP contribution in [-0.2, 0) is 4.74 Å². The Kier molecular flexibility index (Phi) is 2.45. The van der Waals surface area contributed by atoms with E-state index >= 15 is 0 Å². The van der Waals surface area contributed by atoms with E-state index in [9.17, 15) is 0 Å². The minimum atomic E-state index is 0.0969. The summed E-state index contributed by atoms with van der Waals surface area (Å²) in [4.78, 5) is 0. The lowest BCUT2D eigenvalue weighted by molar-refractivity contribution is -0.0731. The smallest absolute Gasteiger partial charge is 0.0535 e. The van der Waals surface area contributed by atoms with E-state index in [1.54, 1.807) is 0 Å². The van der Waals surface area contributed by atoms with E-state index in [4.69, 9.17) is 4.74 Å². The van der Waals surface area contributed by atoms with E-state index in [2.05, 4.69) is 20.8 Å². The number of hydrogen-bond donors (Lipinski definition) is 0. The molecule has 0 bridgehead atoms. The van der Waals surface area contributed by atoms with Crippen LogP contribution in [0, 0.1) is 12.3 Å². The summed E-state index contributed by atoms with van der Waals surface area (Å²) in [5.74, 6) is 0. The third-order valence-corrected chi connectivity index (χ3v) is 5.04. The second kappa shape index (κ2) is 2.90. The van der Waals surface area contributed by atoms with Crippen molar-refractivity contribution < 1.29 is 4.74 Å². The van der Waals surface area contributed by atoms with Crippen molar-refractivity contribution in [2.45, 2.75) is 38.3 Å². The van der Waals surface area contributed by atoms with Crippen molar-refractivity contribution in [2.75, 3.05) is 6.61 Å². The maximum Gasteiger partial charge on any atom is 0.0535 e. The summed E-state index contributed by atoms with van der Waals surface area (Å²) in [6, 6.07) is 0. The molecule has 0 aromatic heterocycles. The van der Waals surface area contributed by atoms with Gasteiger partial charge < -0.3 is 4.74 Å². The second-order valence-electron chi connectivity index (χ2n) is 4.42. The number of ether oxygens (including phenoxy) is 1. The van der Waals surface area contributed by atoms with Crippen molar-refractivity contribution in [2.24, 2.45) is 5.41 Å². The molecule has 1 nitrogen and oxygen atoms in total. The first-order valence-corrected chi connectivity index (χ1v) is 5.45. The van der Waals surface area contributed by atoms with Crippen LogP contribution in [-0.4, -0.2) is 22.1 Å². The fourth-order valence-electron chi connectivity index (χ4n) is 1.47. The van der Waals surface area contributed by atoms with Gasteiger partial charge in [0, 0.05) is 16.8 Å². The van der Waals surface area contributed by atoms with E-state index in [-0.39, 0.29) is 10.6 Å². The molecular formula is C9H19OSi. The molecule has 1 fully saturated rings. The predicted molar refractivity (Wildman–Crippen MR) is 51.6 cm³/mol. The minimum Gasteiger partial charge on any atom is -0.379 e. The lowest BCUT2D eigenvalue weighted by Crippen LogP contribution is -2.48. The summed E-state index contributed by atoms with van der Waals surface area (Å²) in [6.45, 7) is 9.49. The molecule has 1 atom stereocenters. The highest BCUT2D eigenvalue weighted by molar-refractivity contribution is 6.15. The topological polar surface area (TPSA) is 9.23 Å². The highest BCUT2D eigenvalue weighted by Gasteiger charge is 2.39. The van der Waals surface area contributed by atoms with Crippen molar-refractivity contribution >= 4 is 10.2 Å². The average Bonchev–Trinajstić information content (AvgIpc) is 1.87. The average molecular weight is 171 g/mol. The zero-order chi connectivity index (χ0) is 8.54. The SMILES string of the molecule is [CH2]C(C)(C)C1([SiH3])CCCCO1. The van der Waals surface area contributed by atoms with Crippen LogP contribution in [0.4, 0.5) is 0 Å². The zero-order valence-electron chi connectivity index (χ0n) is 7.94. The highest BCUT2D eigenvalue weighted by atomic mass is 28.1. The molecule has 0 aliphatic carbocycles. The third-order valence-electron chi connectivity index (χ3n) is 2.90. The summed E-state index contributed by atoms with van der Waals surface area (Å²) in [6.07, 6.45) is 3.78. The van der Waals surface area contributed by atoms with Crippen LogP contribution < -0.4 is 0 Å². The van der Waals surface area contributed by atoms with Gasteiger partial charge in [0.15, 0.2) is 0 Å². The van der Waals surface area contributed by atoms with Gasteiger partial charge in [-0.25, -0.2) is 0 Å². The Morgan fingerprint density at radius 1 is 1.45 bits per heavy atom. The molecule has 1 heterocycles. The zero-order valence-corrected chi connectivity index (χ0v) is 9.94. The first kappa shape index (κ1) is 9.27. The Morgan fingerprint density at radius 2 is 2.09 bits per heavy atom. The van der Waals surface area contributed by atoms with E-state index < -0.39 is 0 Å². The summed E-state index contributed by atoms with van der Waals surface area (Å²) in [5.41, 5.74) is 0.0969. The van der Waals surface area contributed by atoms with Crippen molar-refractivity contribution in [3.8, 4) is 0 Å².